The average Bonchev–Trinajstić information content (AvgIpc) is 2.79. The highest BCUT2D eigenvalue weighted by Crippen LogP contribution is 2.11. The number of nitrogens with one attached hydrogen (secondary N) is 1. The molecule has 90 valence electrons. The van der Waals surface area contributed by atoms with E-state index in [4.69, 9.17) is 0 Å². The van der Waals surface area contributed by atoms with Crippen molar-refractivity contribution in [3.63, 3.8) is 0 Å². The molecule has 18 heavy (non-hydrogen) atoms. The zero-order valence-electron chi connectivity index (χ0n) is 10.3. The average molecular weight is 237 g/mol. The quantitative estimate of drug-likeness (QED) is 0.757. The summed E-state index contributed by atoms with van der Waals surface area (Å²) >= 11 is 0. The van der Waals surface area contributed by atoms with Crippen molar-refractivity contribution in [3.8, 4) is 0 Å². The van der Waals surface area contributed by atoms with Crippen molar-refractivity contribution in [2.24, 2.45) is 0 Å². The molecule has 0 radical (unpaired) electrons. The fourth-order valence-electron chi connectivity index (χ4n) is 2.02. The van der Waals surface area contributed by atoms with Gasteiger partial charge in [-0.3, -0.25) is 0 Å². The van der Waals surface area contributed by atoms with Gasteiger partial charge in [-0.05, 0) is 36.8 Å². The topological polar surface area (TPSA) is 29.3 Å². The third-order valence-electron chi connectivity index (χ3n) is 2.91. The first-order valence-corrected chi connectivity index (χ1v) is 6.04. The molecule has 0 amide bonds. The summed E-state index contributed by atoms with van der Waals surface area (Å²) in [4.78, 5) is 4.55. The highest BCUT2D eigenvalue weighted by Gasteiger charge is 2.00. The number of hydrogen-bond donors (Lipinski definition) is 1. The molecule has 2 aromatic heterocycles. The SMILES string of the molecule is Cc1cccc(NCc2cn3ccccc3n2)c1. The number of anilines is 1. The van der Waals surface area contributed by atoms with Gasteiger partial charge in [0.25, 0.3) is 0 Å². The van der Waals surface area contributed by atoms with Crippen LogP contribution < -0.4 is 5.32 Å². The van der Waals surface area contributed by atoms with Gasteiger partial charge >= 0.3 is 0 Å². The Kier molecular flexibility index (Phi) is 2.73. The van der Waals surface area contributed by atoms with Gasteiger partial charge in [-0.15, -0.1) is 0 Å². The molecule has 3 aromatic rings. The van der Waals surface area contributed by atoms with E-state index in [1.54, 1.807) is 0 Å². The van der Waals surface area contributed by atoms with Gasteiger partial charge in [0.05, 0.1) is 12.2 Å². The van der Waals surface area contributed by atoms with Crippen LogP contribution in [0.15, 0.2) is 54.9 Å². The van der Waals surface area contributed by atoms with Crippen molar-refractivity contribution >= 4 is 11.3 Å². The Balaban J connectivity index is 1.76. The molecule has 0 fully saturated rings. The number of hydrogen-bond acceptors (Lipinski definition) is 2. The fourth-order valence-corrected chi connectivity index (χ4v) is 2.02. The maximum Gasteiger partial charge on any atom is 0.137 e. The third kappa shape index (κ3) is 2.20. The summed E-state index contributed by atoms with van der Waals surface area (Å²) in [5.41, 5.74) is 4.42. The Labute approximate surface area is 106 Å². The Morgan fingerprint density at radius 3 is 2.94 bits per heavy atom. The molecular weight excluding hydrogens is 222 g/mol. The molecule has 1 N–H and O–H groups in total. The molecule has 3 rings (SSSR count). The number of fused-ring (bicyclic) bond motifs is 1. The van der Waals surface area contributed by atoms with E-state index in [1.807, 2.05) is 28.8 Å². The van der Waals surface area contributed by atoms with Gasteiger partial charge in [0.2, 0.25) is 0 Å². The second-order valence-electron chi connectivity index (χ2n) is 4.42. The van der Waals surface area contributed by atoms with Gasteiger partial charge in [-0.25, -0.2) is 4.98 Å². The largest absolute Gasteiger partial charge is 0.379 e. The zero-order chi connectivity index (χ0) is 12.4. The minimum absolute atomic E-state index is 0.741. The van der Waals surface area contributed by atoms with Crippen molar-refractivity contribution in [2.45, 2.75) is 13.5 Å². The summed E-state index contributed by atoms with van der Waals surface area (Å²) in [6.45, 7) is 2.83. The Hall–Kier alpha value is -2.29. The van der Waals surface area contributed by atoms with Gasteiger partial charge in [0.15, 0.2) is 0 Å². The number of rotatable bonds is 3. The van der Waals surface area contributed by atoms with Gasteiger partial charge < -0.3 is 9.72 Å². The number of imidazole rings is 1. The van der Waals surface area contributed by atoms with Crippen molar-refractivity contribution in [2.75, 3.05) is 5.32 Å². The molecule has 0 atom stereocenters. The molecule has 3 nitrogen and oxygen atoms in total. The van der Waals surface area contributed by atoms with E-state index in [1.165, 1.54) is 5.56 Å². The van der Waals surface area contributed by atoms with Crippen LogP contribution in [0.1, 0.15) is 11.3 Å². The van der Waals surface area contributed by atoms with Crippen molar-refractivity contribution in [3.05, 3.63) is 66.1 Å². The van der Waals surface area contributed by atoms with Gasteiger partial charge in [0.1, 0.15) is 5.65 Å². The normalized spacial score (nSPS) is 10.7. The lowest BCUT2D eigenvalue weighted by Crippen LogP contribution is -1.99. The molecule has 0 saturated heterocycles. The van der Waals surface area contributed by atoms with E-state index in [9.17, 15) is 0 Å². The minimum atomic E-state index is 0.741. The first-order chi connectivity index (χ1) is 8.81. The Morgan fingerprint density at radius 2 is 2.11 bits per heavy atom. The number of nitrogens with zero attached hydrogens (tertiary/aromatic N) is 2. The van der Waals surface area contributed by atoms with Crippen LogP contribution in [0.2, 0.25) is 0 Å². The molecule has 0 aliphatic carbocycles. The highest BCUT2D eigenvalue weighted by atomic mass is 15.0. The first kappa shape index (κ1) is 10.8. The second-order valence-corrected chi connectivity index (χ2v) is 4.42. The summed E-state index contributed by atoms with van der Waals surface area (Å²) in [7, 11) is 0. The smallest absolute Gasteiger partial charge is 0.137 e. The molecule has 0 aliphatic rings. The van der Waals surface area contributed by atoms with Crippen LogP contribution >= 0.6 is 0 Å². The Morgan fingerprint density at radius 1 is 1.17 bits per heavy atom. The van der Waals surface area contributed by atoms with Gasteiger partial charge in [-0.1, -0.05) is 18.2 Å². The second kappa shape index (κ2) is 4.53. The predicted octanol–water partition coefficient (Wildman–Crippen LogP) is 3.25. The van der Waals surface area contributed by atoms with Crippen LogP contribution in [-0.2, 0) is 6.54 Å². The summed E-state index contributed by atoms with van der Waals surface area (Å²) in [5, 5.41) is 3.39. The Bertz CT molecular complexity index is 637. The van der Waals surface area contributed by atoms with Gasteiger partial charge in [0, 0.05) is 18.1 Å². The zero-order valence-corrected chi connectivity index (χ0v) is 10.3. The van der Waals surface area contributed by atoms with E-state index in [0.717, 1.165) is 23.6 Å². The van der Waals surface area contributed by atoms with Crippen LogP contribution in [0.3, 0.4) is 0 Å². The fraction of sp³-hybridized carbons (Fsp3) is 0.133. The lowest BCUT2D eigenvalue weighted by Gasteiger charge is -2.04. The van der Waals surface area contributed by atoms with Crippen LogP contribution in [0.25, 0.3) is 5.65 Å². The van der Waals surface area contributed by atoms with E-state index in [2.05, 4.69) is 47.7 Å². The van der Waals surface area contributed by atoms with Crippen LogP contribution in [0, 0.1) is 6.92 Å². The van der Waals surface area contributed by atoms with Gasteiger partial charge in [-0.2, -0.15) is 0 Å². The highest BCUT2D eigenvalue weighted by molar-refractivity contribution is 5.46. The molecule has 0 unspecified atom stereocenters. The summed E-state index contributed by atoms with van der Waals surface area (Å²) in [6.07, 6.45) is 4.07. The number of aryl methyl sites for hydroxylation is 1. The van der Waals surface area contributed by atoms with E-state index < -0.39 is 0 Å². The predicted molar refractivity (Wildman–Crippen MR) is 73.7 cm³/mol. The molecule has 0 aliphatic heterocycles. The van der Waals surface area contributed by atoms with Crippen molar-refractivity contribution < 1.29 is 0 Å². The molecule has 0 spiro atoms. The van der Waals surface area contributed by atoms with Crippen LogP contribution in [0.4, 0.5) is 5.69 Å². The van der Waals surface area contributed by atoms with Crippen LogP contribution in [-0.4, -0.2) is 9.38 Å². The maximum absolute atomic E-state index is 4.55. The van der Waals surface area contributed by atoms with E-state index >= 15 is 0 Å². The number of benzene rings is 1. The first-order valence-electron chi connectivity index (χ1n) is 6.04. The van der Waals surface area contributed by atoms with Crippen molar-refractivity contribution in [1.82, 2.24) is 9.38 Å². The molecule has 2 heterocycles. The molecule has 0 saturated carbocycles. The molecule has 1 aromatic carbocycles. The monoisotopic (exact) mass is 237 g/mol. The summed E-state index contributed by atoms with van der Waals surface area (Å²) in [5.74, 6) is 0. The minimum Gasteiger partial charge on any atom is -0.379 e. The van der Waals surface area contributed by atoms with Crippen LogP contribution in [0.5, 0.6) is 0 Å². The third-order valence-corrected chi connectivity index (χ3v) is 2.91. The lowest BCUT2D eigenvalue weighted by atomic mass is 10.2. The maximum atomic E-state index is 4.55. The van der Waals surface area contributed by atoms with E-state index in [0.29, 0.717) is 0 Å². The molecule has 3 heteroatoms. The van der Waals surface area contributed by atoms with E-state index in [-0.39, 0.29) is 0 Å². The number of aromatic nitrogens is 2. The lowest BCUT2D eigenvalue weighted by molar-refractivity contribution is 1.08. The molecular formula is C15H15N3. The standard InChI is InChI=1S/C15H15N3/c1-12-5-4-6-13(9-12)16-10-14-11-18-8-3-2-7-15(18)17-14/h2-9,11,16H,10H2,1H3. The summed E-state index contributed by atoms with van der Waals surface area (Å²) in [6, 6.07) is 14.4. The van der Waals surface area contributed by atoms with Crippen molar-refractivity contribution in [1.29, 1.82) is 0 Å². The number of pyridine rings is 1. The summed E-state index contributed by atoms with van der Waals surface area (Å²) < 4.78 is 2.03. The molecule has 0 bridgehead atoms.